The van der Waals surface area contributed by atoms with Gasteiger partial charge in [-0.05, 0) is 0 Å². The molecule has 3 N–H and O–H groups in total. The molecule has 0 atom stereocenters. The van der Waals surface area contributed by atoms with Crippen molar-refractivity contribution >= 4 is 23.0 Å². The van der Waals surface area contributed by atoms with Gasteiger partial charge in [-0.2, -0.15) is 4.98 Å². The number of nitrogens with one attached hydrogen (secondary N) is 3. The number of aromatic amines is 2. The minimum Gasteiger partial charge on any atom is -0.338 e. The van der Waals surface area contributed by atoms with E-state index in [1.807, 2.05) is 0 Å². The van der Waals surface area contributed by atoms with Gasteiger partial charge in [0.05, 0.1) is 12.5 Å². The topological polar surface area (TPSA) is 103 Å². The molecule has 3 rings (SSSR count). The summed E-state index contributed by atoms with van der Waals surface area (Å²) in [5, 5.41) is 2.55. The van der Waals surface area contributed by atoms with E-state index < -0.39 is 0 Å². The molecule has 3 heterocycles. The zero-order chi connectivity index (χ0) is 12.5. The van der Waals surface area contributed by atoms with Gasteiger partial charge >= 0.3 is 5.95 Å². The van der Waals surface area contributed by atoms with Crippen LogP contribution in [0.4, 0.5) is 5.95 Å². The zero-order valence-electron chi connectivity index (χ0n) is 9.51. The van der Waals surface area contributed by atoms with Gasteiger partial charge in [0.2, 0.25) is 5.91 Å². The monoisotopic (exact) mass is 244 g/mol. The summed E-state index contributed by atoms with van der Waals surface area (Å²) in [4.78, 5) is 29.4. The van der Waals surface area contributed by atoms with Gasteiger partial charge in [-0.3, -0.25) is 15.1 Å². The third-order valence-corrected chi connectivity index (χ3v) is 2.34. The third kappa shape index (κ3) is 1.69. The highest BCUT2D eigenvalue weighted by Crippen LogP contribution is 2.13. The number of amides is 1. The molecule has 3 aromatic heterocycles. The molecule has 0 unspecified atom stereocenters. The number of rotatable bonds is 2. The Balaban J connectivity index is 2.21. The lowest BCUT2D eigenvalue weighted by atomic mass is 10.5. The molecule has 0 spiro atoms. The molecular formula is C10H10N7O+. The maximum atomic E-state index is 11.1. The van der Waals surface area contributed by atoms with Gasteiger partial charge in [-0.25, -0.2) is 9.55 Å². The van der Waals surface area contributed by atoms with Crippen LogP contribution in [0.2, 0.25) is 0 Å². The molecule has 0 aromatic carbocycles. The molecule has 0 fully saturated rings. The van der Waals surface area contributed by atoms with E-state index in [1.165, 1.54) is 13.3 Å². The lowest BCUT2D eigenvalue weighted by molar-refractivity contribution is -0.596. The molecule has 8 heteroatoms. The molecular weight excluding hydrogens is 234 g/mol. The number of H-pyrrole nitrogens is 2. The lowest BCUT2D eigenvalue weighted by Gasteiger charge is -1.99. The van der Waals surface area contributed by atoms with E-state index >= 15 is 0 Å². The van der Waals surface area contributed by atoms with Gasteiger partial charge in [-0.1, -0.05) is 4.98 Å². The first-order valence-electron chi connectivity index (χ1n) is 5.27. The minimum atomic E-state index is -0.227. The fraction of sp³-hybridized carbons (Fsp3) is 0.100. The Morgan fingerprint density at radius 2 is 2.33 bits per heavy atom. The van der Waals surface area contributed by atoms with E-state index in [2.05, 4.69) is 30.2 Å². The van der Waals surface area contributed by atoms with Crippen LogP contribution in [0.15, 0.2) is 25.0 Å². The summed E-state index contributed by atoms with van der Waals surface area (Å²) >= 11 is 0. The quantitative estimate of drug-likeness (QED) is 0.548. The third-order valence-electron chi connectivity index (χ3n) is 2.34. The predicted octanol–water partition coefficient (Wildman–Crippen LogP) is -0.0839. The maximum Gasteiger partial charge on any atom is 0.309 e. The second-order valence-corrected chi connectivity index (χ2v) is 3.67. The summed E-state index contributed by atoms with van der Waals surface area (Å²) in [7, 11) is 0. The summed E-state index contributed by atoms with van der Waals surface area (Å²) in [6, 6.07) is 0. The standard InChI is InChI=1S/C10H9N7O/c1-6(18)14-10-15-8-7(12-4-13-8)9(16-10)17-3-2-11-5-17/h2-5H,1H3,(H2,12,13,14,15,16,18)/p+1. The van der Waals surface area contributed by atoms with Crippen molar-refractivity contribution in [2.45, 2.75) is 6.92 Å². The molecule has 90 valence electrons. The van der Waals surface area contributed by atoms with Crippen LogP contribution in [-0.4, -0.2) is 30.8 Å². The highest BCUT2D eigenvalue weighted by Gasteiger charge is 2.18. The van der Waals surface area contributed by atoms with Crippen LogP contribution in [0.1, 0.15) is 6.92 Å². The zero-order valence-corrected chi connectivity index (χ0v) is 9.51. The van der Waals surface area contributed by atoms with Crippen molar-refractivity contribution in [3.8, 4) is 5.82 Å². The first-order valence-corrected chi connectivity index (χ1v) is 5.27. The molecule has 0 bridgehead atoms. The van der Waals surface area contributed by atoms with Crippen molar-refractivity contribution < 1.29 is 9.36 Å². The minimum absolute atomic E-state index is 0.227. The van der Waals surface area contributed by atoms with Gasteiger partial charge in [-0.15, -0.1) is 0 Å². The van der Waals surface area contributed by atoms with Crippen molar-refractivity contribution in [1.29, 1.82) is 0 Å². The summed E-state index contributed by atoms with van der Waals surface area (Å²) in [6.07, 6.45) is 6.84. The molecule has 0 aliphatic rings. The van der Waals surface area contributed by atoms with Crippen LogP contribution in [0.5, 0.6) is 0 Å². The highest BCUT2D eigenvalue weighted by molar-refractivity contribution is 5.88. The van der Waals surface area contributed by atoms with Gasteiger partial charge in [0.15, 0.2) is 17.5 Å². The molecule has 0 saturated heterocycles. The number of aromatic nitrogens is 6. The van der Waals surface area contributed by atoms with E-state index in [1.54, 1.807) is 23.3 Å². The number of hydrogen-bond acceptors (Lipinski definition) is 4. The Bertz CT molecular complexity index is 700. The molecule has 18 heavy (non-hydrogen) atoms. The molecule has 0 aliphatic heterocycles. The molecule has 0 saturated carbocycles. The number of carbonyl (C=O) groups is 1. The summed E-state index contributed by atoms with van der Waals surface area (Å²) < 4.78 is 1.77. The van der Waals surface area contributed by atoms with Gasteiger partial charge in [0.25, 0.3) is 5.82 Å². The van der Waals surface area contributed by atoms with Crippen LogP contribution in [0, 0.1) is 0 Å². The Hall–Kier alpha value is -2.77. The number of nitrogens with zero attached hydrogens (tertiary/aromatic N) is 4. The van der Waals surface area contributed by atoms with Crippen LogP contribution in [0.25, 0.3) is 17.0 Å². The van der Waals surface area contributed by atoms with Crippen molar-refractivity contribution in [1.82, 2.24) is 24.9 Å². The van der Waals surface area contributed by atoms with Crippen molar-refractivity contribution in [2.24, 2.45) is 0 Å². The maximum absolute atomic E-state index is 11.1. The van der Waals surface area contributed by atoms with Crippen molar-refractivity contribution in [3.05, 3.63) is 25.0 Å². The normalized spacial score (nSPS) is 10.7. The van der Waals surface area contributed by atoms with E-state index in [0.29, 0.717) is 17.0 Å². The molecule has 3 aromatic rings. The SMILES string of the molecule is CC(=O)Nc1nc(-[n+]2cc[nH]c2)c2[nH]cnc2n1. The van der Waals surface area contributed by atoms with Gasteiger partial charge in [0.1, 0.15) is 6.20 Å². The van der Waals surface area contributed by atoms with E-state index in [-0.39, 0.29) is 11.9 Å². The highest BCUT2D eigenvalue weighted by atomic mass is 16.1. The van der Waals surface area contributed by atoms with E-state index in [0.717, 1.165) is 0 Å². The Morgan fingerprint density at radius 3 is 3.06 bits per heavy atom. The smallest absolute Gasteiger partial charge is 0.309 e. The number of hydrogen-bond donors (Lipinski definition) is 3. The fourth-order valence-corrected chi connectivity index (χ4v) is 1.64. The van der Waals surface area contributed by atoms with Crippen LogP contribution in [0.3, 0.4) is 0 Å². The van der Waals surface area contributed by atoms with E-state index in [4.69, 9.17) is 0 Å². The fourth-order valence-electron chi connectivity index (χ4n) is 1.64. The first-order chi connectivity index (χ1) is 8.74. The largest absolute Gasteiger partial charge is 0.338 e. The van der Waals surface area contributed by atoms with Gasteiger partial charge < -0.3 is 4.98 Å². The Morgan fingerprint density at radius 1 is 1.44 bits per heavy atom. The first kappa shape index (κ1) is 10.4. The number of fused-ring (bicyclic) bond motifs is 1. The van der Waals surface area contributed by atoms with Crippen molar-refractivity contribution in [2.75, 3.05) is 5.32 Å². The summed E-state index contributed by atoms with van der Waals surface area (Å²) in [5.74, 6) is 0.614. The van der Waals surface area contributed by atoms with Crippen LogP contribution < -0.4 is 9.88 Å². The summed E-state index contributed by atoms with van der Waals surface area (Å²) in [5.41, 5.74) is 1.20. The Labute approximate surface area is 101 Å². The average molecular weight is 244 g/mol. The van der Waals surface area contributed by atoms with Crippen LogP contribution >= 0.6 is 0 Å². The predicted molar refractivity (Wildman–Crippen MR) is 61.9 cm³/mol. The molecule has 0 aliphatic carbocycles. The lowest BCUT2D eigenvalue weighted by Crippen LogP contribution is -2.30. The van der Waals surface area contributed by atoms with Crippen molar-refractivity contribution in [3.63, 3.8) is 0 Å². The second kappa shape index (κ2) is 3.91. The van der Waals surface area contributed by atoms with E-state index in [9.17, 15) is 4.79 Å². The number of carbonyl (C=O) groups excluding carboxylic acids is 1. The average Bonchev–Trinajstić information content (AvgIpc) is 2.97. The Kier molecular flexibility index (Phi) is 2.26. The number of anilines is 1. The molecule has 1 amide bonds. The second-order valence-electron chi connectivity index (χ2n) is 3.67. The molecule has 0 radical (unpaired) electrons. The number of imidazole rings is 2. The summed E-state index contributed by atoms with van der Waals surface area (Å²) in [6.45, 7) is 1.40. The molecule has 8 nitrogen and oxygen atoms in total. The van der Waals surface area contributed by atoms with Gasteiger partial charge in [0, 0.05) is 6.92 Å². The van der Waals surface area contributed by atoms with Crippen LogP contribution in [-0.2, 0) is 4.79 Å².